The molecule has 0 aliphatic heterocycles. The minimum absolute atomic E-state index is 0.00984. The van der Waals surface area contributed by atoms with Gasteiger partial charge in [-0.15, -0.1) is 5.10 Å². The van der Waals surface area contributed by atoms with E-state index in [4.69, 9.17) is 0 Å². The number of carbonyl (C=O) groups excluding carboxylic acids is 1. The van der Waals surface area contributed by atoms with Crippen LogP contribution in [0.25, 0.3) is 0 Å². The molecule has 0 fully saturated rings. The summed E-state index contributed by atoms with van der Waals surface area (Å²) < 4.78 is 13.9. The molecule has 0 aliphatic rings. The Morgan fingerprint density at radius 2 is 2.31 bits per heavy atom. The zero-order chi connectivity index (χ0) is 11.5. The first-order chi connectivity index (χ1) is 7.66. The van der Waals surface area contributed by atoms with Gasteiger partial charge in [-0.3, -0.25) is 10.1 Å². The van der Waals surface area contributed by atoms with E-state index in [2.05, 4.69) is 41.9 Å². The third-order valence-corrected chi connectivity index (χ3v) is 2.24. The summed E-state index contributed by atoms with van der Waals surface area (Å²) >= 11 is 3.15. The van der Waals surface area contributed by atoms with Gasteiger partial charge in [0.2, 0.25) is 0 Å². The Bertz CT molecular complexity index is 515. The van der Waals surface area contributed by atoms with Gasteiger partial charge in [-0.1, -0.05) is 21.0 Å². The Balaban J connectivity index is 2.24. The fourth-order valence-electron chi connectivity index (χ4n) is 1.06. The molecule has 0 radical (unpaired) electrons. The van der Waals surface area contributed by atoms with Crippen molar-refractivity contribution in [3.8, 4) is 0 Å². The van der Waals surface area contributed by atoms with E-state index < -0.39 is 11.7 Å². The maximum Gasteiger partial charge on any atom is 0.270 e. The Morgan fingerprint density at radius 3 is 3.00 bits per heavy atom. The monoisotopic (exact) mass is 285 g/mol. The summed E-state index contributed by atoms with van der Waals surface area (Å²) in [5, 5.41) is 14.8. The van der Waals surface area contributed by atoms with Crippen molar-refractivity contribution in [3.05, 3.63) is 34.1 Å². The Labute approximate surface area is 97.4 Å². The predicted molar refractivity (Wildman–Crippen MR) is 56.2 cm³/mol. The van der Waals surface area contributed by atoms with Crippen LogP contribution in [-0.4, -0.2) is 26.5 Å². The molecule has 2 aromatic rings. The van der Waals surface area contributed by atoms with Crippen molar-refractivity contribution in [1.29, 1.82) is 0 Å². The number of carbonyl (C=O) groups is 1. The number of H-pyrrole nitrogens is 1. The fraction of sp³-hybridized carbons (Fsp3) is 0. The Morgan fingerprint density at radius 1 is 1.50 bits per heavy atom. The zero-order valence-corrected chi connectivity index (χ0v) is 9.32. The minimum Gasteiger partial charge on any atom is -0.288 e. The highest BCUT2D eigenvalue weighted by Crippen LogP contribution is 2.16. The van der Waals surface area contributed by atoms with Crippen molar-refractivity contribution in [3.63, 3.8) is 0 Å². The molecule has 0 spiro atoms. The summed E-state index contributed by atoms with van der Waals surface area (Å²) in [6, 6.07) is 4.06. The molecule has 6 nitrogen and oxygen atoms in total. The van der Waals surface area contributed by atoms with Gasteiger partial charge in [0, 0.05) is 4.47 Å². The van der Waals surface area contributed by atoms with Gasteiger partial charge in [0.05, 0.1) is 5.56 Å². The number of benzene rings is 1. The fourth-order valence-corrected chi connectivity index (χ4v) is 1.42. The number of aromatic amines is 1. The lowest BCUT2D eigenvalue weighted by atomic mass is 10.2. The molecule has 2 N–H and O–H groups in total. The molecule has 1 aromatic heterocycles. The smallest absolute Gasteiger partial charge is 0.270 e. The molecular formula is C8H5BrFN5O. The molecule has 0 unspecified atom stereocenters. The lowest BCUT2D eigenvalue weighted by Crippen LogP contribution is -2.14. The van der Waals surface area contributed by atoms with Gasteiger partial charge in [-0.25, -0.2) is 4.39 Å². The maximum atomic E-state index is 13.3. The quantitative estimate of drug-likeness (QED) is 0.873. The number of rotatable bonds is 2. The van der Waals surface area contributed by atoms with E-state index in [1.807, 2.05) is 0 Å². The van der Waals surface area contributed by atoms with E-state index in [0.717, 1.165) is 0 Å². The highest BCUT2D eigenvalue weighted by Gasteiger charge is 2.13. The molecule has 1 aromatic carbocycles. The summed E-state index contributed by atoms with van der Waals surface area (Å²) in [4.78, 5) is 11.6. The van der Waals surface area contributed by atoms with Gasteiger partial charge in [-0.2, -0.15) is 5.21 Å². The largest absolute Gasteiger partial charge is 0.288 e. The van der Waals surface area contributed by atoms with E-state index in [-0.39, 0.29) is 11.5 Å². The summed E-state index contributed by atoms with van der Waals surface area (Å²) in [5.41, 5.74) is -0.0980. The van der Waals surface area contributed by atoms with Crippen molar-refractivity contribution in [1.82, 2.24) is 20.6 Å². The number of halogens is 2. The van der Waals surface area contributed by atoms with Crippen molar-refractivity contribution in [2.45, 2.75) is 0 Å². The first kappa shape index (κ1) is 10.7. The second-order valence-electron chi connectivity index (χ2n) is 2.81. The van der Waals surface area contributed by atoms with Crippen molar-refractivity contribution in [2.75, 3.05) is 5.32 Å². The van der Waals surface area contributed by atoms with Crippen LogP contribution >= 0.6 is 15.9 Å². The normalized spacial score (nSPS) is 10.1. The minimum atomic E-state index is -0.639. The number of nitrogens with one attached hydrogen (secondary N) is 2. The Hall–Kier alpha value is -1.83. The standard InChI is InChI=1S/C8H5BrFN5O/c9-4-1-2-6(10)5(3-4)7(16)11-8-12-14-15-13-8/h1-3H,(H2,11,12,13,14,15,16). The molecule has 82 valence electrons. The molecule has 0 saturated carbocycles. The highest BCUT2D eigenvalue weighted by atomic mass is 79.9. The third-order valence-electron chi connectivity index (χ3n) is 1.74. The molecule has 2 rings (SSSR count). The van der Waals surface area contributed by atoms with Crippen LogP contribution in [-0.2, 0) is 0 Å². The van der Waals surface area contributed by atoms with Gasteiger partial charge in [-0.05, 0) is 23.4 Å². The van der Waals surface area contributed by atoms with Gasteiger partial charge >= 0.3 is 0 Å². The highest BCUT2D eigenvalue weighted by molar-refractivity contribution is 9.10. The molecule has 1 amide bonds. The first-order valence-corrected chi connectivity index (χ1v) is 4.96. The topological polar surface area (TPSA) is 83.6 Å². The van der Waals surface area contributed by atoms with Crippen LogP contribution in [0.3, 0.4) is 0 Å². The van der Waals surface area contributed by atoms with Crippen molar-refractivity contribution < 1.29 is 9.18 Å². The van der Waals surface area contributed by atoms with Crippen molar-refractivity contribution >= 4 is 27.8 Å². The van der Waals surface area contributed by atoms with Gasteiger partial charge in [0.1, 0.15) is 5.82 Å². The van der Waals surface area contributed by atoms with E-state index in [1.165, 1.54) is 18.2 Å². The van der Waals surface area contributed by atoms with Gasteiger partial charge < -0.3 is 0 Å². The van der Waals surface area contributed by atoms with Crippen LogP contribution in [0.5, 0.6) is 0 Å². The number of hydrogen-bond donors (Lipinski definition) is 2. The van der Waals surface area contributed by atoms with Crippen LogP contribution in [0.4, 0.5) is 10.3 Å². The Kier molecular flexibility index (Phi) is 2.91. The van der Waals surface area contributed by atoms with E-state index in [9.17, 15) is 9.18 Å². The molecule has 8 heteroatoms. The zero-order valence-electron chi connectivity index (χ0n) is 7.74. The summed E-state index contributed by atoms with van der Waals surface area (Å²) in [5.74, 6) is -1.27. The molecule has 0 atom stereocenters. The second-order valence-corrected chi connectivity index (χ2v) is 3.73. The molecule has 0 aliphatic carbocycles. The number of nitrogens with zero attached hydrogens (tertiary/aromatic N) is 3. The van der Waals surface area contributed by atoms with Crippen LogP contribution in [0, 0.1) is 5.82 Å². The van der Waals surface area contributed by atoms with Crippen LogP contribution in [0.15, 0.2) is 22.7 Å². The third kappa shape index (κ3) is 2.22. The molecular weight excluding hydrogens is 281 g/mol. The average molecular weight is 286 g/mol. The lowest BCUT2D eigenvalue weighted by molar-refractivity contribution is 0.102. The SMILES string of the molecule is O=C(Nc1nn[nH]n1)c1cc(Br)ccc1F. The van der Waals surface area contributed by atoms with E-state index >= 15 is 0 Å². The lowest BCUT2D eigenvalue weighted by Gasteiger charge is -2.02. The number of amides is 1. The number of aromatic nitrogens is 4. The maximum absolute atomic E-state index is 13.3. The van der Waals surface area contributed by atoms with E-state index in [1.54, 1.807) is 0 Å². The number of tetrazole rings is 1. The molecule has 0 bridgehead atoms. The molecule has 1 heterocycles. The van der Waals surface area contributed by atoms with Crippen LogP contribution in [0.2, 0.25) is 0 Å². The second kappa shape index (κ2) is 4.35. The van der Waals surface area contributed by atoms with Crippen LogP contribution in [0.1, 0.15) is 10.4 Å². The number of hydrogen-bond acceptors (Lipinski definition) is 4. The van der Waals surface area contributed by atoms with Crippen LogP contribution < -0.4 is 5.32 Å². The number of anilines is 1. The summed E-state index contributed by atoms with van der Waals surface area (Å²) in [6.07, 6.45) is 0. The molecule has 16 heavy (non-hydrogen) atoms. The van der Waals surface area contributed by atoms with Crippen molar-refractivity contribution in [2.24, 2.45) is 0 Å². The summed E-state index contributed by atoms with van der Waals surface area (Å²) in [7, 11) is 0. The van der Waals surface area contributed by atoms with E-state index in [0.29, 0.717) is 4.47 Å². The van der Waals surface area contributed by atoms with Gasteiger partial charge in [0.25, 0.3) is 11.9 Å². The average Bonchev–Trinajstić information content (AvgIpc) is 2.74. The van der Waals surface area contributed by atoms with Gasteiger partial charge in [0.15, 0.2) is 0 Å². The molecule has 0 saturated heterocycles. The summed E-state index contributed by atoms with van der Waals surface area (Å²) in [6.45, 7) is 0. The first-order valence-electron chi connectivity index (χ1n) is 4.16. The predicted octanol–water partition coefficient (Wildman–Crippen LogP) is 1.35.